The van der Waals surface area contributed by atoms with Gasteiger partial charge >= 0.3 is 5.97 Å². The van der Waals surface area contributed by atoms with Crippen molar-refractivity contribution in [2.45, 2.75) is 20.8 Å². The van der Waals surface area contributed by atoms with E-state index in [0.29, 0.717) is 16.8 Å². The summed E-state index contributed by atoms with van der Waals surface area (Å²) in [4.78, 5) is 27.2. The molecule has 1 aliphatic rings. The van der Waals surface area contributed by atoms with Gasteiger partial charge in [-0.2, -0.15) is 0 Å². The summed E-state index contributed by atoms with van der Waals surface area (Å²) in [5, 5.41) is 0. The minimum Gasteiger partial charge on any atom is -0.465 e. The minimum atomic E-state index is -0.518. The van der Waals surface area contributed by atoms with Crippen LogP contribution in [0.5, 0.6) is 0 Å². The highest BCUT2D eigenvalue weighted by Crippen LogP contribution is 2.36. The molecule has 0 fully saturated rings. The van der Waals surface area contributed by atoms with Gasteiger partial charge in [-0.05, 0) is 67.8 Å². The Morgan fingerprint density at radius 1 is 1.04 bits per heavy atom. The van der Waals surface area contributed by atoms with Gasteiger partial charge in [0.2, 0.25) is 0 Å². The van der Waals surface area contributed by atoms with E-state index in [0.717, 1.165) is 26.9 Å². The Balaban J connectivity index is 2.15. The second-order valence-electron chi connectivity index (χ2n) is 6.55. The Morgan fingerprint density at radius 3 is 2.19 bits per heavy atom. The number of amides is 1. The smallest absolute Gasteiger partial charge is 0.340 e. The molecular weight excluding hydrogens is 406 g/mol. The molecule has 3 rings (SSSR count). The van der Waals surface area contributed by atoms with Crippen LogP contribution in [0.1, 0.15) is 23.6 Å². The van der Waals surface area contributed by atoms with Crippen LogP contribution in [0.4, 0.5) is 5.69 Å². The molecule has 0 atom stereocenters. The van der Waals surface area contributed by atoms with E-state index in [1.54, 1.807) is 17.9 Å². The van der Waals surface area contributed by atoms with Crippen LogP contribution in [-0.4, -0.2) is 19.0 Å². The summed E-state index contributed by atoms with van der Waals surface area (Å²) in [7, 11) is 1.32. The lowest BCUT2D eigenvalue weighted by atomic mass is 10.0. The van der Waals surface area contributed by atoms with Crippen molar-refractivity contribution in [2.24, 2.45) is 0 Å². The molecule has 27 heavy (non-hydrogen) atoms. The number of allylic oxidation sites excluding steroid dienone is 1. The zero-order valence-electron chi connectivity index (χ0n) is 15.7. The Hall–Kier alpha value is -2.66. The van der Waals surface area contributed by atoms with Crippen molar-refractivity contribution < 1.29 is 14.3 Å². The lowest BCUT2D eigenvalue weighted by molar-refractivity contribution is -0.136. The van der Waals surface area contributed by atoms with Crippen LogP contribution >= 0.6 is 15.9 Å². The summed E-state index contributed by atoms with van der Waals surface area (Å²) in [6.07, 6.45) is 1.73. The average Bonchev–Trinajstić information content (AvgIpc) is 2.85. The van der Waals surface area contributed by atoms with Crippen molar-refractivity contribution in [3.05, 3.63) is 80.5 Å². The number of carbonyl (C=O) groups is 2. The van der Waals surface area contributed by atoms with E-state index < -0.39 is 5.97 Å². The maximum Gasteiger partial charge on any atom is 0.340 e. The third kappa shape index (κ3) is 3.74. The first-order chi connectivity index (χ1) is 12.8. The molecule has 138 valence electrons. The van der Waals surface area contributed by atoms with Crippen LogP contribution in [0.2, 0.25) is 0 Å². The molecule has 0 saturated carbocycles. The van der Waals surface area contributed by atoms with E-state index in [1.807, 2.05) is 56.3 Å². The molecule has 0 radical (unpaired) electrons. The fourth-order valence-corrected chi connectivity index (χ4v) is 3.56. The quantitative estimate of drug-likeness (QED) is 0.516. The van der Waals surface area contributed by atoms with Crippen molar-refractivity contribution in [1.29, 1.82) is 0 Å². The fraction of sp³-hybridized carbons (Fsp3) is 0.182. The number of anilines is 1. The first-order valence-electron chi connectivity index (χ1n) is 8.51. The highest BCUT2D eigenvalue weighted by molar-refractivity contribution is 9.10. The Morgan fingerprint density at radius 2 is 1.63 bits per heavy atom. The van der Waals surface area contributed by atoms with Gasteiger partial charge in [-0.25, -0.2) is 4.79 Å². The first kappa shape index (κ1) is 19.1. The number of nitrogens with zero attached hydrogens (tertiary/aromatic N) is 1. The van der Waals surface area contributed by atoms with Crippen molar-refractivity contribution in [1.82, 2.24) is 0 Å². The van der Waals surface area contributed by atoms with Crippen LogP contribution in [-0.2, 0) is 14.3 Å². The van der Waals surface area contributed by atoms with E-state index in [2.05, 4.69) is 15.9 Å². The zero-order valence-corrected chi connectivity index (χ0v) is 17.3. The molecule has 2 aromatic rings. The number of carbonyl (C=O) groups excluding carboxylic acids is 2. The molecule has 0 saturated heterocycles. The molecule has 1 heterocycles. The number of methoxy groups -OCH3 is 1. The third-order valence-electron chi connectivity index (χ3n) is 4.44. The number of aryl methyl sites for hydroxylation is 2. The van der Waals surface area contributed by atoms with Gasteiger partial charge in [0.25, 0.3) is 5.91 Å². The van der Waals surface area contributed by atoms with Gasteiger partial charge in [-0.1, -0.05) is 34.1 Å². The van der Waals surface area contributed by atoms with Crippen molar-refractivity contribution in [2.75, 3.05) is 12.0 Å². The molecule has 0 spiro atoms. The van der Waals surface area contributed by atoms with Gasteiger partial charge in [0.15, 0.2) is 0 Å². The van der Waals surface area contributed by atoms with Gasteiger partial charge in [0.1, 0.15) is 0 Å². The number of esters is 1. The minimum absolute atomic E-state index is 0.235. The molecule has 0 N–H and O–H groups in total. The molecule has 0 bridgehead atoms. The Kier molecular flexibility index (Phi) is 5.33. The zero-order chi connectivity index (χ0) is 19.7. The number of rotatable bonds is 3. The first-order valence-corrected chi connectivity index (χ1v) is 9.30. The molecule has 4 nitrogen and oxygen atoms in total. The Bertz CT molecular complexity index is 967. The predicted octanol–water partition coefficient (Wildman–Crippen LogP) is 4.94. The number of halogens is 1. The van der Waals surface area contributed by atoms with E-state index in [9.17, 15) is 9.59 Å². The largest absolute Gasteiger partial charge is 0.465 e. The topological polar surface area (TPSA) is 46.6 Å². The maximum absolute atomic E-state index is 13.2. The van der Waals surface area contributed by atoms with Gasteiger partial charge in [-0.15, -0.1) is 0 Å². The SMILES string of the molecule is COC(=O)C1=C(C)N(c2cc(C)cc(C)c2)C(=O)/C1=C\c1ccc(Br)cc1. The number of hydrogen-bond acceptors (Lipinski definition) is 3. The molecular formula is C22H20BrNO3. The van der Waals surface area contributed by atoms with Crippen LogP contribution in [0, 0.1) is 13.8 Å². The summed E-state index contributed by atoms with van der Waals surface area (Å²) in [6.45, 7) is 5.73. The normalized spacial score (nSPS) is 15.7. The second kappa shape index (κ2) is 7.53. The molecule has 0 aromatic heterocycles. The van der Waals surface area contributed by atoms with Crippen LogP contribution < -0.4 is 4.90 Å². The van der Waals surface area contributed by atoms with Crippen LogP contribution in [0.15, 0.2) is 63.8 Å². The number of hydrogen-bond donors (Lipinski definition) is 0. The van der Waals surface area contributed by atoms with Gasteiger partial charge < -0.3 is 4.74 Å². The standard InChI is InChI=1S/C22H20BrNO3/c1-13-9-14(2)11-18(10-13)24-15(3)20(22(26)27-4)19(21(24)25)12-16-5-7-17(23)8-6-16/h5-12H,1-4H3/b19-12-. The second-order valence-corrected chi connectivity index (χ2v) is 7.46. The van der Waals surface area contributed by atoms with Gasteiger partial charge in [0, 0.05) is 15.9 Å². The Labute approximate surface area is 167 Å². The van der Waals surface area contributed by atoms with E-state index in [-0.39, 0.29) is 5.91 Å². The summed E-state index contributed by atoms with van der Waals surface area (Å²) in [5.41, 5.74) is 4.88. The summed E-state index contributed by atoms with van der Waals surface area (Å²) >= 11 is 3.40. The van der Waals surface area contributed by atoms with Gasteiger partial charge in [-0.3, -0.25) is 9.69 Å². The molecule has 2 aromatic carbocycles. The summed E-state index contributed by atoms with van der Waals surface area (Å²) in [6, 6.07) is 13.5. The predicted molar refractivity (Wildman–Crippen MR) is 110 cm³/mol. The fourth-order valence-electron chi connectivity index (χ4n) is 3.30. The molecule has 0 aliphatic carbocycles. The van der Waals surface area contributed by atoms with Crippen LogP contribution in [0.25, 0.3) is 6.08 Å². The lowest BCUT2D eigenvalue weighted by Gasteiger charge is -2.19. The third-order valence-corrected chi connectivity index (χ3v) is 4.96. The van der Waals surface area contributed by atoms with E-state index in [1.165, 1.54) is 7.11 Å². The monoisotopic (exact) mass is 425 g/mol. The summed E-state index contributed by atoms with van der Waals surface area (Å²) < 4.78 is 5.89. The summed E-state index contributed by atoms with van der Waals surface area (Å²) in [5.74, 6) is -0.753. The lowest BCUT2D eigenvalue weighted by Crippen LogP contribution is -2.24. The number of benzene rings is 2. The highest BCUT2D eigenvalue weighted by Gasteiger charge is 2.37. The number of ether oxygens (including phenoxy) is 1. The van der Waals surface area contributed by atoms with Crippen LogP contribution in [0.3, 0.4) is 0 Å². The molecule has 1 amide bonds. The van der Waals surface area contributed by atoms with E-state index >= 15 is 0 Å². The maximum atomic E-state index is 13.2. The molecule has 1 aliphatic heterocycles. The van der Waals surface area contributed by atoms with Gasteiger partial charge in [0.05, 0.1) is 18.3 Å². The van der Waals surface area contributed by atoms with Crippen molar-refractivity contribution >= 4 is 39.6 Å². The average molecular weight is 426 g/mol. The molecule has 5 heteroatoms. The van der Waals surface area contributed by atoms with Crippen molar-refractivity contribution in [3.63, 3.8) is 0 Å². The molecule has 0 unspecified atom stereocenters. The van der Waals surface area contributed by atoms with E-state index in [4.69, 9.17) is 4.74 Å². The van der Waals surface area contributed by atoms with Crippen molar-refractivity contribution in [3.8, 4) is 0 Å². The highest BCUT2D eigenvalue weighted by atomic mass is 79.9.